The van der Waals surface area contributed by atoms with Gasteiger partial charge in [0.15, 0.2) is 0 Å². The van der Waals surface area contributed by atoms with Crippen LogP contribution in [0.5, 0.6) is 0 Å². The number of alkyl halides is 1. The molecule has 1 saturated carbocycles. The van der Waals surface area contributed by atoms with Crippen LogP contribution in [0.25, 0.3) is 0 Å². The van der Waals surface area contributed by atoms with Gasteiger partial charge < -0.3 is 15.3 Å². The Morgan fingerprint density at radius 1 is 1.55 bits per heavy atom. The van der Waals surface area contributed by atoms with Gasteiger partial charge >= 0.3 is 0 Å². The number of hydrogen-bond acceptors (Lipinski definition) is 3. The van der Waals surface area contributed by atoms with Crippen LogP contribution in [-0.4, -0.2) is 48.1 Å². The minimum absolute atomic E-state index is 0.265. The first-order valence-electron chi connectivity index (χ1n) is 3.46. The van der Waals surface area contributed by atoms with Crippen LogP contribution in [0.2, 0.25) is 0 Å². The van der Waals surface area contributed by atoms with E-state index in [9.17, 15) is 4.39 Å². The molecule has 62 valence electrons. The van der Waals surface area contributed by atoms with Crippen molar-refractivity contribution in [3.05, 3.63) is 0 Å². The van der Waals surface area contributed by atoms with Crippen molar-refractivity contribution in [1.29, 1.82) is 0 Å². The predicted octanol–water partition coefficient (Wildman–Crippen LogP) is -1.59. The molecule has 5 heteroatoms. The van der Waals surface area contributed by atoms with Crippen molar-refractivity contribution < 1.29 is 19.7 Å². The average molecular weight is 160 g/mol. The minimum Gasteiger partial charge on any atom is -0.400 e. The Kier molecular flexibility index (Phi) is 2.52. The number of aliphatic hydroxyl groups excluding tert-OH is 3. The summed E-state index contributed by atoms with van der Waals surface area (Å²) >= 11 is 0. The van der Waals surface area contributed by atoms with Crippen molar-refractivity contribution >= 4 is 7.85 Å². The SMILES string of the molecule is [B][C@H](O)C(F)C1C(O)C1CO. The van der Waals surface area contributed by atoms with E-state index in [0.29, 0.717) is 0 Å². The van der Waals surface area contributed by atoms with E-state index in [-0.39, 0.29) is 6.61 Å². The van der Waals surface area contributed by atoms with Gasteiger partial charge in [-0.2, -0.15) is 0 Å². The maximum Gasteiger partial charge on any atom is 0.123 e. The first-order chi connectivity index (χ1) is 5.09. The molecule has 0 heterocycles. The maximum absolute atomic E-state index is 12.8. The van der Waals surface area contributed by atoms with Crippen molar-refractivity contribution in [2.45, 2.75) is 18.3 Å². The average Bonchev–Trinajstić information content (AvgIpc) is 2.59. The smallest absolute Gasteiger partial charge is 0.123 e. The van der Waals surface area contributed by atoms with E-state index in [0.717, 1.165) is 0 Å². The van der Waals surface area contributed by atoms with Crippen molar-refractivity contribution in [1.82, 2.24) is 0 Å². The highest BCUT2D eigenvalue weighted by Crippen LogP contribution is 2.43. The second kappa shape index (κ2) is 3.09. The Labute approximate surface area is 65.3 Å². The third-order valence-corrected chi connectivity index (χ3v) is 2.09. The zero-order valence-corrected chi connectivity index (χ0v) is 5.89. The quantitative estimate of drug-likeness (QED) is 0.436. The van der Waals surface area contributed by atoms with Crippen LogP contribution in [-0.2, 0) is 0 Å². The van der Waals surface area contributed by atoms with E-state index >= 15 is 0 Å². The largest absolute Gasteiger partial charge is 0.400 e. The Morgan fingerprint density at radius 3 is 2.36 bits per heavy atom. The summed E-state index contributed by atoms with van der Waals surface area (Å²) in [4.78, 5) is 0. The Bertz CT molecular complexity index is 144. The van der Waals surface area contributed by atoms with Crippen LogP contribution in [0.15, 0.2) is 0 Å². The minimum atomic E-state index is -1.64. The maximum atomic E-state index is 12.8. The summed E-state index contributed by atoms with van der Waals surface area (Å²) in [6.45, 7) is -0.265. The summed E-state index contributed by atoms with van der Waals surface area (Å²) in [7, 11) is 4.84. The highest BCUT2D eigenvalue weighted by atomic mass is 19.1. The molecule has 1 fully saturated rings. The second-order valence-electron chi connectivity index (χ2n) is 2.85. The topological polar surface area (TPSA) is 60.7 Å². The van der Waals surface area contributed by atoms with Crippen LogP contribution in [0.4, 0.5) is 4.39 Å². The third kappa shape index (κ3) is 1.55. The van der Waals surface area contributed by atoms with E-state index in [4.69, 9.17) is 23.2 Å². The molecule has 5 atom stereocenters. The molecule has 0 aliphatic heterocycles. The van der Waals surface area contributed by atoms with Crippen LogP contribution in [0, 0.1) is 11.8 Å². The van der Waals surface area contributed by atoms with Crippen molar-refractivity contribution in [2.75, 3.05) is 6.61 Å². The highest BCUT2D eigenvalue weighted by molar-refractivity contribution is 6.11. The third-order valence-electron chi connectivity index (χ3n) is 2.09. The molecule has 0 aromatic heterocycles. The summed E-state index contributed by atoms with van der Waals surface area (Å²) < 4.78 is 12.8. The fraction of sp³-hybridized carbons (Fsp3) is 1.00. The van der Waals surface area contributed by atoms with Gasteiger partial charge in [-0.05, 0) is 0 Å². The van der Waals surface area contributed by atoms with Crippen molar-refractivity contribution in [3.63, 3.8) is 0 Å². The molecule has 11 heavy (non-hydrogen) atoms. The Balaban J connectivity index is 2.39. The van der Waals surface area contributed by atoms with E-state index in [1.54, 1.807) is 0 Å². The molecule has 0 aromatic carbocycles. The predicted molar refractivity (Wildman–Crippen MR) is 36.7 cm³/mol. The zero-order valence-electron chi connectivity index (χ0n) is 5.89. The zero-order chi connectivity index (χ0) is 8.59. The van der Waals surface area contributed by atoms with Crippen LogP contribution >= 0.6 is 0 Å². The lowest BCUT2D eigenvalue weighted by Crippen LogP contribution is -2.25. The molecule has 0 bridgehead atoms. The molecule has 4 unspecified atom stereocenters. The molecule has 1 aliphatic carbocycles. The fourth-order valence-corrected chi connectivity index (χ4v) is 1.26. The fourth-order valence-electron chi connectivity index (χ4n) is 1.26. The van der Waals surface area contributed by atoms with E-state index in [2.05, 4.69) is 0 Å². The van der Waals surface area contributed by atoms with Crippen molar-refractivity contribution in [2.24, 2.45) is 11.8 Å². The molecular formula is C6H10BFO3. The van der Waals surface area contributed by atoms with Gasteiger partial charge in [0, 0.05) is 24.4 Å². The lowest BCUT2D eigenvalue weighted by Gasteiger charge is -2.09. The summed E-state index contributed by atoms with van der Waals surface area (Å²) in [6.07, 6.45) is -2.49. The molecule has 2 radical (unpaired) electrons. The monoisotopic (exact) mass is 160 g/mol. The van der Waals surface area contributed by atoms with Crippen LogP contribution in [0.3, 0.4) is 0 Å². The van der Waals surface area contributed by atoms with Gasteiger partial charge in [-0.25, -0.2) is 4.39 Å². The summed E-state index contributed by atoms with van der Waals surface area (Å²) in [5.41, 5.74) is 0. The Hall–Kier alpha value is -0.125. The summed E-state index contributed by atoms with van der Waals surface area (Å²) in [5.74, 6) is -1.15. The molecular weight excluding hydrogens is 150 g/mol. The first-order valence-corrected chi connectivity index (χ1v) is 3.46. The van der Waals surface area contributed by atoms with Crippen LogP contribution in [0.1, 0.15) is 0 Å². The van der Waals surface area contributed by atoms with Crippen LogP contribution < -0.4 is 0 Å². The molecule has 1 rings (SSSR count). The van der Waals surface area contributed by atoms with Gasteiger partial charge in [0.25, 0.3) is 0 Å². The van der Waals surface area contributed by atoms with Gasteiger partial charge in [-0.1, -0.05) is 0 Å². The number of hydrogen-bond donors (Lipinski definition) is 3. The van der Waals surface area contributed by atoms with Gasteiger partial charge in [0.05, 0.1) is 6.10 Å². The highest BCUT2D eigenvalue weighted by Gasteiger charge is 2.54. The summed E-state index contributed by atoms with van der Waals surface area (Å²) in [5, 5.41) is 26.0. The van der Waals surface area contributed by atoms with Gasteiger partial charge in [0.2, 0.25) is 0 Å². The molecule has 3 N–H and O–H groups in total. The molecule has 1 aliphatic rings. The van der Waals surface area contributed by atoms with Crippen molar-refractivity contribution in [3.8, 4) is 0 Å². The molecule has 0 amide bonds. The lowest BCUT2D eigenvalue weighted by atomic mass is 9.92. The second-order valence-corrected chi connectivity index (χ2v) is 2.85. The molecule has 0 saturated heterocycles. The normalized spacial score (nSPS) is 41.6. The first kappa shape index (κ1) is 8.97. The molecule has 0 spiro atoms. The standard InChI is InChI=1S/C6H10BFO3/c7-6(11)4(8)3-2(1-9)5(3)10/h2-6,9-11H,1H2/t2?,3?,4?,5?,6-/m1/s1. The number of halogens is 1. The van der Waals surface area contributed by atoms with Gasteiger partial charge in [-0.15, -0.1) is 0 Å². The molecule has 3 nitrogen and oxygen atoms in total. The number of aliphatic hydroxyl groups is 3. The van der Waals surface area contributed by atoms with E-state index in [1.807, 2.05) is 0 Å². The number of rotatable bonds is 3. The van der Waals surface area contributed by atoms with E-state index in [1.165, 1.54) is 0 Å². The lowest BCUT2D eigenvalue weighted by molar-refractivity contribution is 0.106. The summed E-state index contributed by atoms with van der Waals surface area (Å²) in [6, 6.07) is -1.56. The van der Waals surface area contributed by atoms with Gasteiger partial charge in [0.1, 0.15) is 14.0 Å². The van der Waals surface area contributed by atoms with E-state index < -0.39 is 30.1 Å². The molecule has 0 aromatic rings. The Morgan fingerprint density at radius 2 is 2.09 bits per heavy atom. The van der Waals surface area contributed by atoms with Gasteiger partial charge in [-0.3, -0.25) is 0 Å².